The first-order valence-electron chi connectivity index (χ1n) is 13.0. The summed E-state index contributed by atoms with van der Waals surface area (Å²) in [6, 6.07) is 11.6. The number of H-pyrrole nitrogens is 1. The van der Waals surface area contributed by atoms with Gasteiger partial charge >= 0.3 is 6.09 Å². The van der Waals surface area contributed by atoms with Crippen LogP contribution in [-0.2, 0) is 4.74 Å². The summed E-state index contributed by atoms with van der Waals surface area (Å²) in [5.41, 5.74) is 3.32. The van der Waals surface area contributed by atoms with Gasteiger partial charge in [0.05, 0.1) is 6.04 Å². The van der Waals surface area contributed by atoms with E-state index in [-0.39, 0.29) is 29.9 Å². The maximum absolute atomic E-state index is 13.6. The van der Waals surface area contributed by atoms with E-state index >= 15 is 0 Å². The highest BCUT2D eigenvalue weighted by Crippen LogP contribution is 2.32. The van der Waals surface area contributed by atoms with E-state index in [9.17, 15) is 9.59 Å². The lowest BCUT2D eigenvalue weighted by Crippen LogP contribution is -2.59. The molecule has 8 nitrogen and oxygen atoms in total. The predicted octanol–water partition coefficient (Wildman–Crippen LogP) is 6.18. The van der Waals surface area contributed by atoms with Gasteiger partial charge in [-0.05, 0) is 44.2 Å². The molecule has 0 saturated carbocycles. The molecule has 1 saturated heterocycles. The van der Waals surface area contributed by atoms with Crippen LogP contribution in [0.15, 0.2) is 47.1 Å². The zero-order valence-electron chi connectivity index (χ0n) is 22.9. The zero-order valence-corrected chi connectivity index (χ0v) is 22.9. The summed E-state index contributed by atoms with van der Waals surface area (Å²) in [6.45, 7) is 15.2. The second-order valence-electron chi connectivity index (χ2n) is 11.3. The highest BCUT2D eigenvalue weighted by molar-refractivity contribution is 5.94. The quantitative estimate of drug-likeness (QED) is 0.446. The first-order valence-corrected chi connectivity index (χ1v) is 13.0. The SMILES string of the molecule is CC(C)c1cc(C(=O)N2CCN(C(=O)OC(C)(C)C)[C@@H](C(C)C)C2)[nH]c1-c1nc(-c2ccccc2)co1. The first kappa shape index (κ1) is 26.5. The van der Waals surface area contributed by atoms with E-state index in [0.29, 0.717) is 36.9 Å². The monoisotopic (exact) mass is 506 g/mol. The Bertz CT molecular complexity index is 1240. The van der Waals surface area contributed by atoms with Gasteiger partial charge in [0.1, 0.15) is 28.9 Å². The van der Waals surface area contributed by atoms with Gasteiger partial charge in [0.15, 0.2) is 0 Å². The Balaban J connectivity index is 1.56. The van der Waals surface area contributed by atoms with E-state index in [4.69, 9.17) is 14.1 Å². The van der Waals surface area contributed by atoms with Gasteiger partial charge in [-0.15, -0.1) is 0 Å². The van der Waals surface area contributed by atoms with E-state index in [2.05, 4.69) is 32.7 Å². The number of hydrogen-bond donors (Lipinski definition) is 1. The van der Waals surface area contributed by atoms with E-state index in [1.807, 2.05) is 62.1 Å². The molecule has 4 rings (SSSR count). The van der Waals surface area contributed by atoms with Gasteiger partial charge in [0.25, 0.3) is 5.91 Å². The molecule has 0 spiro atoms. The van der Waals surface area contributed by atoms with Crippen molar-refractivity contribution in [2.45, 2.75) is 66.0 Å². The average molecular weight is 507 g/mol. The maximum atomic E-state index is 13.6. The number of hydrogen-bond acceptors (Lipinski definition) is 5. The Morgan fingerprint density at radius 3 is 2.43 bits per heavy atom. The van der Waals surface area contributed by atoms with Gasteiger partial charge in [0.2, 0.25) is 5.89 Å². The van der Waals surface area contributed by atoms with Gasteiger partial charge in [-0.1, -0.05) is 58.0 Å². The van der Waals surface area contributed by atoms with Crippen LogP contribution in [0.2, 0.25) is 0 Å². The van der Waals surface area contributed by atoms with E-state index in [1.54, 1.807) is 11.2 Å². The van der Waals surface area contributed by atoms with Gasteiger partial charge < -0.3 is 23.9 Å². The Labute approximate surface area is 219 Å². The molecule has 198 valence electrons. The standard InChI is InChI=1S/C29H38N4O4/c1-18(2)21-15-22(30-25(21)26-31-23(17-36-26)20-11-9-8-10-12-20)27(34)32-13-14-33(24(16-32)19(3)4)28(35)37-29(5,6)7/h8-12,15,17-19,24,30H,13-14,16H2,1-7H3/t24-/m1/s1. The minimum absolute atomic E-state index is 0.0996. The van der Waals surface area contributed by atoms with Crippen molar-refractivity contribution in [1.29, 1.82) is 0 Å². The van der Waals surface area contributed by atoms with Crippen molar-refractivity contribution >= 4 is 12.0 Å². The number of aromatic amines is 1. The third-order valence-electron chi connectivity index (χ3n) is 6.59. The minimum atomic E-state index is -0.570. The van der Waals surface area contributed by atoms with Crippen molar-refractivity contribution in [2.24, 2.45) is 5.92 Å². The van der Waals surface area contributed by atoms with Crippen molar-refractivity contribution in [3.63, 3.8) is 0 Å². The number of piperazine rings is 1. The van der Waals surface area contributed by atoms with Crippen LogP contribution >= 0.6 is 0 Å². The number of rotatable bonds is 5. The lowest BCUT2D eigenvalue weighted by atomic mass is 9.99. The van der Waals surface area contributed by atoms with Crippen LogP contribution in [0.3, 0.4) is 0 Å². The van der Waals surface area contributed by atoms with E-state index in [1.165, 1.54) is 0 Å². The first-order chi connectivity index (χ1) is 17.4. The van der Waals surface area contributed by atoms with Crippen molar-refractivity contribution in [3.8, 4) is 22.8 Å². The summed E-state index contributed by atoms with van der Waals surface area (Å²) in [7, 11) is 0. The zero-order chi connectivity index (χ0) is 26.9. The van der Waals surface area contributed by atoms with E-state index in [0.717, 1.165) is 16.8 Å². The largest absolute Gasteiger partial charge is 0.444 e. The molecule has 0 aliphatic carbocycles. The van der Waals surface area contributed by atoms with Crippen molar-refractivity contribution in [3.05, 3.63) is 53.9 Å². The third-order valence-corrected chi connectivity index (χ3v) is 6.59. The second kappa shape index (κ2) is 10.4. The fourth-order valence-corrected chi connectivity index (χ4v) is 4.63. The summed E-state index contributed by atoms with van der Waals surface area (Å²) in [4.78, 5) is 38.0. The van der Waals surface area contributed by atoms with Crippen LogP contribution in [0.1, 0.15) is 70.4 Å². The Hall–Kier alpha value is -3.55. The number of carbonyl (C=O) groups excluding carboxylic acids is 2. The molecule has 0 bridgehead atoms. The lowest BCUT2D eigenvalue weighted by Gasteiger charge is -2.43. The highest BCUT2D eigenvalue weighted by atomic mass is 16.6. The number of nitrogens with zero attached hydrogens (tertiary/aromatic N) is 3. The highest BCUT2D eigenvalue weighted by Gasteiger charge is 2.37. The molecule has 1 aliphatic heterocycles. The molecule has 1 atom stereocenters. The van der Waals surface area contributed by atoms with Crippen molar-refractivity contribution < 1.29 is 18.7 Å². The molecule has 3 aromatic rings. The van der Waals surface area contributed by atoms with E-state index < -0.39 is 5.60 Å². The minimum Gasteiger partial charge on any atom is -0.444 e. The summed E-state index contributed by atoms with van der Waals surface area (Å²) >= 11 is 0. The Morgan fingerprint density at radius 2 is 1.81 bits per heavy atom. The van der Waals surface area contributed by atoms with Crippen molar-refractivity contribution in [2.75, 3.05) is 19.6 Å². The molecule has 0 unspecified atom stereocenters. The number of benzene rings is 1. The summed E-state index contributed by atoms with van der Waals surface area (Å²) in [5.74, 6) is 0.679. The summed E-state index contributed by atoms with van der Waals surface area (Å²) in [6.07, 6.45) is 1.31. The van der Waals surface area contributed by atoms with Crippen LogP contribution in [0.5, 0.6) is 0 Å². The number of oxazole rings is 1. The van der Waals surface area contributed by atoms with Crippen molar-refractivity contribution in [1.82, 2.24) is 19.8 Å². The topological polar surface area (TPSA) is 91.7 Å². The molecule has 0 radical (unpaired) electrons. The Kier molecular flexibility index (Phi) is 7.48. The van der Waals surface area contributed by atoms with Crippen LogP contribution in [0.4, 0.5) is 4.79 Å². The number of amides is 2. The normalized spacial score (nSPS) is 16.5. The molecule has 2 amide bonds. The molecule has 1 N–H and O–H groups in total. The number of aromatic nitrogens is 2. The van der Waals surface area contributed by atoms with Gasteiger partial charge in [-0.2, -0.15) is 0 Å². The van der Waals surface area contributed by atoms with Gasteiger partial charge in [-0.25, -0.2) is 9.78 Å². The molecule has 3 heterocycles. The van der Waals surface area contributed by atoms with Crippen LogP contribution < -0.4 is 0 Å². The van der Waals surface area contributed by atoms with Gasteiger partial charge in [0, 0.05) is 25.2 Å². The summed E-state index contributed by atoms with van der Waals surface area (Å²) < 4.78 is 11.5. The van der Waals surface area contributed by atoms with Gasteiger partial charge in [-0.3, -0.25) is 4.79 Å². The molecule has 8 heteroatoms. The molecule has 1 fully saturated rings. The fourth-order valence-electron chi connectivity index (χ4n) is 4.63. The Morgan fingerprint density at radius 1 is 1.11 bits per heavy atom. The number of nitrogens with one attached hydrogen (secondary N) is 1. The second-order valence-corrected chi connectivity index (χ2v) is 11.3. The predicted molar refractivity (Wildman–Crippen MR) is 143 cm³/mol. The van der Waals surface area contributed by atoms with Crippen LogP contribution in [0, 0.1) is 5.92 Å². The third kappa shape index (κ3) is 5.89. The number of ether oxygens (including phenoxy) is 1. The maximum Gasteiger partial charge on any atom is 0.410 e. The smallest absolute Gasteiger partial charge is 0.410 e. The molecule has 1 aliphatic rings. The van der Waals surface area contributed by atoms with Crippen LogP contribution in [-0.4, -0.2) is 63.0 Å². The molecular weight excluding hydrogens is 468 g/mol. The molecular formula is C29H38N4O4. The fraction of sp³-hybridized carbons (Fsp3) is 0.483. The molecule has 1 aromatic carbocycles. The summed E-state index contributed by atoms with van der Waals surface area (Å²) in [5, 5.41) is 0. The average Bonchev–Trinajstić information content (AvgIpc) is 3.50. The van der Waals surface area contributed by atoms with Crippen LogP contribution in [0.25, 0.3) is 22.8 Å². The lowest BCUT2D eigenvalue weighted by molar-refractivity contribution is -0.00800. The molecule has 2 aromatic heterocycles. The molecule has 37 heavy (non-hydrogen) atoms. The number of carbonyl (C=O) groups is 2.